The third kappa shape index (κ3) is 9.35. The number of benzene rings is 2. The van der Waals surface area contributed by atoms with Crippen LogP contribution in [-0.4, -0.2) is 129 Å². The van der Waals surface area contributed by atoms with Gasteiger partial charge in [0.05, 0.1) is 43.7 Å². The number of halogens is 3. The van der Waals surface area contributed by atoms with Gasteiger partial charge in [-0.15, -0.1) is 0 Å². The number of aromatic nitrogens is 2. The average molecular weight is 751 g/mol. The molecule has 0 aliphatic carbocycles. The van der Waals surface area contributed by atoms with E-state index in [2.05, 4.69) is 19.6 Å². The number of nitriles is 1. The number of carbonyl (C=O) groups excluding carboxylic acids is 1. The number of nitrogens with zero attached hydrogens (tertiary/aromatic N) is 8. The zero-order valence-corrected chi connectivity index (χ0v) is 31.4. The quantitative estimate of drug-likeness (QED) is 0.311. The number of hydrogen-bond acceptors (Lipinski definition) is 10. The van der Waals surface area contributed by atoms with Crippen molar-refractivity contribution >= 4 is 39.8 Å². The van der Waals surface area contributed by atoms with Crippen LogP contribution in [0.3, 0.4) is 0 Å². The monoisotopic (exact) mass is 750 g/mol. The number of anilines is 2. The highest BCUT2D eigenvalue weighted by Crippen LogP contribution is 2.38. The number of piperazine rings is 1. The summed E-state index contributed by atoms with van der Waals surface area (Å²) in [6.07, 6.45) is 7.18. The van der Waals surface area contributed by atoms with Gasteiger partial charge in [0.25, 0.3) is 0 Å². The summed E-state index contributed by atoms with van der Waals surface area (Å²) in [7, 11) is 1.57. The molecule has 4 fully saturated rings. The SMILES string of the molecule is CC#N.COc1nc2c(c(N3CCN(C(=O)/C=C/CN4CCOCC4)CC3)n1)CCN(c1cccc3ccc(F)c(Cl)c13)C2.FC1CC2CCCN2C1. The van der Waals surface area contributed by atoms with Gasteiger partial charge in [0, 0.05) is 94.6 Å². The van der Waals surface area contributed by atoms with Crippen LogP contribution in [0.5, 0.6) is 6.01 Å². The third-order valence-corrected chi connectivity index (χ3v) is 10.9. The second-order valence-electron chi connectivity index (χ2n) is 13.8. The summed E-state index contributed by atoms with van der Waals surface area (Å²) >= 11 is 6.43. The van der Waals surface area contributed by atoms with Crippen molar-refractivity contribution in [3.05, 3.63) is 64.6 Å². The Morgan fingerprint density at radius 3 is 2.58 bits per heavy atom. The molecule has 2 unspecified atom stereocenters. The van der Waals surface area contributed by atoms with Crippen LogP contribution in [0, 0.1) is 17.1 Å². The summed E-state index contributed by atoms with van der Waals surface area (Å²) in [4.78, 5) is 33.1. The minimum absolute atomic E-state index is 0.0426. The number of amides is 1. The Labute approximate surface area is 315 Å². The van der Waals surface area contributed by atoms with Gasteiger partial charge in [-0.1, -0.05) is 35.9 Å². The number of morpholine rings is 1. The van der Waals surface area contributed by atoms with Crippen LogP contribution in [-0.2, 0) is 22.5 Å². The fraction of sp³-hybridized carbons (Fsp3) is 0.538. The second kappa shape index (κ2) is 18.3. The standard InChI is InChI=1S/C30H34ClFN6O3.C7H12FN.C2H3N/c1-40-30-33-24-20-38(25-5-2-4-21-7-8-23(32)28(31)27(21)25)11-9-22(24)29(34-30)37-14-12-36(13-15-37)26(39)6-3-10-35-16-18-41-19-17-35;8-6-4-7-2-1-3-9(7)5-6;1-2-3/h2-8H,9-20H2,1H3;6-7H,1-5H2;1H3/b6-3+;;. The molecule has 53 heavy (non-hydrogen) atoms. The normalized spacial score (nSPS) is 21.7. The summed E-state index contributed by atoms with van der Waals surface area (Å²) < 4.78 is 37.9. The molecule has 0 N–H and O–H groups in total. The van der Waals surface area contributed by atoms with E-state index in [1.165, 1.54) is 25.8 Å². The van der Waals surface area contributed by atoms with Crippen LogP contribution in [0.25, 0.3) is 10.8 Å². The van der Waals surface area contributed by atoms with Crippen LogP contribution < -0.4 is 14.5 Å². The van der Waals surface area contributed by atoms with Gasteiger partial charge < -0.3 is 24.2 Å². The molecule has 6 heterocycles. The lowest BCUT2D eigenvalue weighted by Gasteiger charge is -2.38. The number of rotatable bonds is 6. The molecule has 0 saturated carbocycles. The predicted molar refractivity (Wildman–Crippen MR) is 203 cm³/mol. The average Bonchev–Trinajstić information content (AvgIpc) is 3.77. The Bertz CT molecular complexity index is 1780. The molecular weight excluding hydrogens is 702 g/mol. The maximum absolute atomic E-state index is 14.4. The van der Waals surface area contributed by atoms with E-state index in [4.69, 9.17) is 36.3 Å². The van der Waals surface area contributed by atoms with E-state index in [-0.39, 0.29) is 10.9 Å². The van der Waals surface area contributed by atoms with Gasteiger partial charge in [0.15, 0.2) is 0 Å². The highest BCUT2D eigenvalue weighted by molar-refractivity contribution is 6.36. The van der Waals surface area contributed by atoms with Gasteiger partial charge in [0.1, 0.15) is 17.8 Å². The zero-order chi connectivity index (χ0) is 37.3. The number of hydrogen-bond donors (Lipinski definition) is 0. The van der Waals surface area contributed by atoms with Crippen molar-refractivity contribution in [2.24, 2.45) is 0 Å². The molecule has 11 nitrogen and oxygen atoms in total. The Hall–Kier alpha value is -4.09. The summed E-state index contributed by atoms with van der Waals surface area (Å²) in [5, 5.41) is 9.05. The third-order valence-electron chi connectivity index (χ3n) is 10.5. The highest BCUT2D eigenvalue weighted by atomic mass is 35.5. The van der Waals surface area contributed by atoms with Crippen LogP contribution in [0.4, 0.5) is 20.3 Å². The highest BCUT2D eigenvalue weighted by Gasteiger charge is 2.35. The van der Waals surface area contributed by atoms with E-state index in [9.17, 15) is 13.6 Å². The molecule has 5 aliphatic heterocycles. The lowest BCUT2D eigenvalue weighted by atomic mass is 10.0. The fourth-order valence-corrected chi connectivity index (χ4v) is 8.13. The van der Waals surface area contributed by atoms with E-state index in [1.807, 2.05) is 29.2 Å². The first-order valence-electron chi connectivity index (χ1n) is 18.5. The van der Waals surface area contributed by atoms with Crippen molar-refractivity contribution in [2.45, 2.75) is 51.4 Å². The van der Waals surface area contributed by atoms with Crippen LogP contribution in [0.2, 0.25) is 5.02 Å². The summed E-state index contributed by atoms with van der Waals surface area (Å²) in [5.41, 5.74) is 2.85. The van der Waals surface area contributed by atoms with Gasteiger partial charge in [-0.2, -0.15) is 15.2 Å². The summed E-state index contributed by atoms with van der Waals surface area (Å²) in [5.74, 6) is 0.477. The van der Waals surface area contributed by atoms with Crippen LogP contribution in [0.15, 0.2) is 42.5 Å². The molecule has 8 rings (SSSR count). The largest absolute Gasteiger partial charge is 0.467 e. The van der Waals surface area contributed by atoms with Crippen LogP contribution >= 0.6 is 11.6 Å². The molecule has 2 aromatic carbocycles. The van der Waals surface area contributed by atoms with E-state index in [0.717, 1.165) is 80.4 Å². The Morgan fingerprint density at radius 2 is 1.85 bits per heavy atom. The Balaban J connectivity index is 0.000000340. The first-order valence-corrected chi connectivity index (χ1v) is 18.9. The Morgan fingerprint density at radius 1 is 1.08 bits per heavy atom. The van der Waals surface area contributed by atoms with Gasteiger partial charge in [-0.3, -0.25) is 14.6 Å². The molecular formula is C39H49ClF2N8O3. The molecule has 0 radical (unpaired) electrons. The number of carbonyl (C=O) groups is 1. The van der Waals surface area contributed by atoms with Gasteiger partial charge in [-0.05, 0) is 49.7 Å². The van der Waals surface area contributed by atoms with Crippen molar-refractivity contribution in [3.8, 4) is 12.1 Å². The molecule has 5 aliphatic rings. The van der Waals surface area contributed by atoms with E-state index >= 15 is 0 Å². The summed E-state index contributed by atoms with van der Waals surface area (Å²) in [6.45, 7) is 11.2. The Kier molecular flexibility index (Phi) is 13.3. The lowest BCUT2D eigenvalue weighted by molar-refractivity contribution is -0.126. The molecule has 1 aromatic heterocycles. The smallest absolute Gasteiger partial charge is 0.318 e. The van der Waals surface area contributed by atoms with Crippen molar-refractivity contribution in [2.75, 3.05) is 95.6 Å². The van der Waals surface area contributed by atoms with E-state index in [0.29, 0.717) is 63.3 Å². The zero-order valence-electron chi connectivity index (χ0n) is 30.7. The lowest BCUT2D eigenvalue weighted by Crippen LogP contribution is -2.49. The fourth-order valence-electron chi connectivity index (χ4n) is 7.86. The molecule has 2 atom stereocenters. The maximum atomic E-state index is 14.4. The topological polar surface area (TPSA) is 101 Å². The van der Waals surface area contributed by atoms with Gasteiger partial charge >= 0.3 is 6.01 Å². The van der Waals surface area contributed by atoms with Crippen molar-refractivity contribution in [1.29, 1.82) is 5.26 Å². The molecule has 4 saturated heterocycles. The van der Waals surface area contributed by atoms with Crippen molar-refractivity contribution < 1.29 is 23.0 Å². The molecule has 0 spiro atoms. The van der Waals surface area contributed by atoms with Crippen molar-refractivity contribution in [1.82, 2.24) is 24.7 Å². The maximum Gasteiger partial charge on any atom is 0.318 e. The first-order chi connectivity index (χ1) is 25.8. The molecule has 1 amide bonds. The minimum atomic E-state index is -0.518. The summed E-state index contributed by atoms with van der Waals surface area (Å²) in [6, 6.07) is 11.7. The molecule has 3 aromatic rings. The number of fused-ring (bicyclic) bond motifs is 3. The number of methoxy groups -OCH3 is 1. The van der Waals surface area contributed by atoms with Crippen LogP contribution in [0.1, 0.15) is 37.4 Å². The number of ether oxygens (including phenoxy) is 2. The predicted octanol–water partition coefficient (Wildman–Crippen LogP) is 5.25. The molecule has 284 valence electrons. The second-order valence-corrected chi connectivity index (χ2v) is 14.2. The van der Waals surface area contributed by atoms with E-state index < -0.39 is 12.0 Å². The number of alkyl halides is 1. The van der Waals surface area contributed by atoms with E-state index in [1.54, 1.807) is 25.3 Å². The molecule has 0 bridgehead atoms. The van der Waals surface area contributed by atoms with Crippen molar-refractivity contribution in [3.63, 3.8) is 0 Å². The minimum Gasteiger partial charge on any atom is -0.467 e. The molecule has 14 heteroatoms. The van der Waals surface area contributed by atoms with Gasteiger partial charge in [0.2, 0.25) is 5.91 Å². The van der Waals surface area contributed by atoms with Gasteiger partial charge in [-0.25, -0.2) is 8.78 Å². The first kappa shape index (κ1) is 38.6.